The van der Waals surface area contributed by atoms with Crippen LogP contribution in [0.4, 0.5) is 17.1 Å². The number of carbonyl (C=O) groups is 1. The summed E-state index contributed by atoms with van der Waals surface area (Å²) in [4.78, 5) is 16.7. The van der Waals surface area contributed by atoms with E-state index in [1.165, 1.54) is 6.20 Å². The van der Waals surface area contributed by atoms with E-state index in [2.05, 4.69) is 15.0 Å². The van der Waals surface area contributed by atoms with E-state index in [1.54, 1.807) is 31.2 Å². The number of fused-ring (bicyclic) bond motifs is 1. The normalized spacial score (nSPS) is 11.2. The van der Waals surface area contributed by atoms with Crippen LogP contribution in [0.2, 0.25) is 0 Å². The summed E-state index contributed by atoms with van der Waals surface area (Å²) in [5.74, 6) is -0.483. The molecule has 3 aromatic rings. The van der Waals surface area contributed by atoms with Gasteiger partial charge >= 0.3 is 5.97 Å². The fourth-order valence-electron chi connectivity index (χ4n) is 2.66. The van der Waals surface area contributed by atoms with Gasteiger partial charge in [0.2, 0.25) is 10.0 Å². The van der Waals surface area contributed by atoms with Crippen molar-refractivity contribution in [1.29, 1.82) is 0 Å². The first-order valence-electron chi connectivity index (χ1n) is 8.27. The summed E-state index contributed by atoms with van der Waals surface area (Å²) >= 11 is 0. The van der Waals surface area contributed by atoms with Crippen molar-refractivity contribution < 1.29 is 17.9 Å². The summed E-state index contributed by atoms with van der Waals surface area (Å²) in [6.07, 6.45) is 2.56. The summed E-state index contributed by atoms with van der Waals surface area (Å²) in [7, 11) is -3.39. The maximum absolute atomic E-state index is 12.4. The van der Waals surface area contributed by atoms with Gasteiger partial charge in [-0.3, -0.25) is 9.71 Å². The number of para-hydroxylation sites is 1. The van der Waals surface area contributed by atoms with Gasteiger partial charge in [0.25, 0.3) is 0 Å². The van der Waals surface area contributed by atoms with Crippen LogP contribution in [0.15, 0.2) is 54.7 Å². The molecule has 0 saturated carbocycles. The molecular weight excluding hydrogens is 366 g/mol. The summed E-state index contributed by atoms with van der Waals surface area (Å²) in [5.41, 5.74) is 2.61. The second kappa shape index (κ2) is 7.63. The first-order chi connectivity index (χ1) is 12.9. The Kier molecular flexibility index (Phi) is 5.27. The number of anilines is 3. The van der Waals surface area contributed by atoms with Crippen molar-refractivity contribution in [2.75, 3.05) is 22.9 Å². The molecule has 0 radical (unpaired) electrons. The molecule has 3 rings (SSSR count). The zero-order chi connectivity index (χ0) is 19.4. The van der Waals surface area contributed by atoms with E-state index >= 15 is 0 Å². The van der Waals surface area contributed by atoms with Gasteiger partial charge in [-0.2, -0.15) is 0 Å². The highest BCUT2D eigenvalue weighted by atomic mass is 32.2. The molecule has 8 heteroatoms. The van der Waals surface area contributed by atoms with Gasteiger partial charge in [0, 0.05) is 17.3 Å². The van der Waals surface area contributed by atoms with Gasteiger partial charge in [-0.05, 0) is 31.2 Å². The van der Waals surface area contributed by atoms with E-state index in [1.807, 2.05) is 24.3 Å². The predicted molar refractivity (Wildman–Crippen MR) is 106 cm³/mol. The lowest BCUT2D eigenvalue weighted by molar-refractivity contribution is 0.0527. The molecule has 27 heavy (non-hydrogen) atoms. The molecule has 0 fully saturated rings. The molecule has 140 valence electrons. The maximum Gasteiger partial charge on any atom is 0.341 e. The lowest BCUT2D eigenvalue weighted by atomic mass is 10.1. The molecule has 0 amide bonds. The first kappa shape index (κ1) is 18.7. The van der Waals surface area contributed by atoms with Crippen LogP contribution in [-0.2, 0) is 14.8 Å². The Balaban J connectivity index is 2.06. The van der Waals surface area contributed by atoms with Crippen LogP contribution in [0, 0.1) is 0 Å². The Bertz CT molecular complexity index is 1100. The van der Waals surface area contributed by atoms with Gasteiger partial charge in [-0.1, -0.05) is 24.3 Å². The third-order valence-electron chi connectivity index (χ3n) is 3.71. The summed E-state index contributed by atoms with van der Waals surface area (Å²) in [5, 5.41) is 3.96. The van der Waals surface area contributed by atoms with Gasteiger partial charge in [0.05, 0.1) is 29.8 Å². The van der Waals surface area contributed by atoms with E-state index in [0.29, 0.717) is 22.6 Å². The highest BCUT2D eigenvalue weighted by Gasteiger charge is 2.17. The van der Waals surface area contributed by atoms with Gasteiger partial charge < -0.3 is 10.1 Å². The van der Waals surface area contributed by atoms with Crippen molar-refractivity contribution >= 4 is 44.0 Å². The fourth-order valence-corrected chi connectivity index (χ4v) is 3.21. The van der Waals surface area contributed by atoms with Gasteiger partial charge in [0.15, 0.2) is 0 Å². The van der Waals surface area contributed by atoms with Crippen LogP contribution >= 0.6 is 0 Å². The molecule has 0 unspecified atom stereocenters. The number of hydrogen-bond donors (Lipinski definition) is 2. The lowest BCUT2D eigenvalue weighted by Gasteiger charge is -2.15. The summed E-state index contributed by atoms with van der Waals surface area (Å²) in [6, 6.07) is 14.2. The number of nitrogens with zero attached hydrogens (tertiary/aromatic N) is 1. The molecule has 2 aromatic carbocycles. The lowest BCUT2D eigenvalue weighted by Crippen LogP contribution is -2.10. The molecule has 0 aliphatic carbocycles. The number of pyridine rings is 1. The van der Waals surface area contributed by atoms with Crippen molar-refractivity contribution in [3.63, 3.8) is 0 Å². The monoisotopic (exact) mass is 385 g/mol. The number of hydrogen-bond acceptors (Lipinski definition) is 6. The highest BCUT2D eigenvalue weighted by Crippen LogP contribution is 2.30. The third-order valence-corrected chi connectivity index (χ3v) is 4.31. The van der Waals surface area contributed by atoms with Gasteiger partial charge in [0.1, 0.15) is 5.56 Å². The largest absolute Gasteiger partial charge is 0.462 e. The number of esters is 1. The number of ether oxygens (including phenoxy) is 1. The molecule has 7 nitrogen and oxygen atoms in total. The second-order valence-corrected chi connectivity index (χ2v) is 7.61. The molecule has 0 aliphatic heterocycles. The van der Waals surface area contributed by atoms with Gasteiger partial charge in [-0.15, -0.1) is 0 Å². The van der Waals surface area contributed by atoms with Crippen molar-refractivity contribution in [2.45, 2.75) is 6.92 Å². The van der Waals surface area contributed by atoms with Crippen molar-refractivity contribution in [1.82, 2.24) is 4.98 Å². The van der Waals surface area contributed by atoms with E-state index in [4.69, 9.17) is 4.74 Å². The van der Waals surface area contributed by atoms with Crippen LogP contribution in [0.5, 0.6) is 0 Å². The topological polar surface area (TPSA) is 97.4 Å². The summed E-state index contributed by atoms with van der Waals surface area (Å²) < 4.78 is 30.5. The molecule has 0 saturated heterocycles. The summed E-state index contributed by atoms with van der Waals surface area (Å²) in [6.45, 7) is 1.98. The number of sulfonamides is 1. The zero-order valence-corrected chi connectivity index (χ0v) is 15.7. The minimum atomic E-state index is -3.39. The van der Waals surface area contributed by atoms with Crippen molar-refractivity contribution in [2.24, 2.45) is 0 Å². The van der Waals surface area contributed by atoms with Crippen molar-refractivity contribution in [3.8, 4) is 0 Å². The minimum Gasteiger partial charge on any atom is -0.462 e. The average Bonchev–Trinajstić information content (AvgIpc) is 2.61. The quantitative estimate of drug-likeness (QED) is 0.630. The number of nitrogens with one attached hydrogen (secondary N) is 2. The van der Waals surface area contributed by atoms with E-state index < -0.39 is 16.0 Å². The van der Waals surface area contributed by atoms with Crippen LogP contribution in [0.3, 0.4) is 0 Å². The molecular formula is C19H19N3O4S. The van der Waals surface area contributed by atoms with E-state index in [-0.39, 0.29) is 6.61 Å². The third kappa shape index (κ3) is 4.53. The molecule has 0 bridgehead atoms. The minimum absolute atomic E-state index is 0.249. The maximum atomic E-state index is 12.4. The number of rotatable bonds is 6. The number of aromatic nitrogens is 1. The Morgan fingerprint density at radius 2 is 1.85 bits per heavy atom. The number of carbonyl (C=O) groups excluding carboxylic acids is 1. The van der Waals surface area contributed by atoms with Crippen LogP contribution in [0.25, 0.3) is 10.9 Å². The highest BCUT2D eigenvalue weighted by molar-refractivity contribution is 7.92. The Morgan fingerprint density at radius 1 is 1.11 bits per heavy atom. The molecule has 1 heterocycles. The molecule has 0 aliphatic rings. The smallest absolute Gasteiger partial charge is 0.341 e. The van der Waals surface area contributed by atoms with Crippen LogP contribution < -0.4 is 10.0 Å². The van der Waals surface area contributed by atoms with Crippen LogP contribution in [0.1, 0.15) is 17.3 Å². The Hall–Kier alpha value is -3.13. The molecule has 0 spiro atoms. The Labute approximate surface area is 157 Å². The standard InChI is InChI=1S/C19H19N3O4S/c1-3-26-19(23)16-12-20-17-10-5-4-9-15(17)18(16)21-13-7-6-8-14(11-13)22-27(2,24)25/h4-12,22H,3H2,1-2H3,(H,20,21). The van der Waals surface area contributed by atoms with E-state index in [9.17, 15) is 13.2 Å². The van der Waals surface area contributed by atoms with E-state index in [0.717, 1.165) is 17.2 Å². The zero-order valence-electron chi connectivity index (χ0n) is 14.9. The molecule has 1 aromatic heterocycles. The SMILES string of the molecule is CCOC(=O)c1cnc2ccccc2c1Nc1cccc(NS(C)(=O)=O)c1. The molecule has 0 atom stereocenters. The second-order valence-electron chi connectivity index (χ2n) is 5.86. The predicted octanol–water partition coefficient (Wildman–Crippen LogP) is 3.53. The fraction of sp³-hybridized carbons (Fsp3) is 0.158. The Morgan fingerprint density at radius 3 is 2.59 bits per heavy atom. The van der Waals surface area contributed by atoms with Gasteiger partial charge in [-0.25, -0.2) is 13.2 Å². The first-order valence-corrected chi connectivity index (χ1v) is 10.2. The van der Waals surface area contributed by atoms with Crippen molar-refractivity contribution in [3.05, 3.63) is 60.3 Å². The molecule has 2 N–H and O–H groups in total. The van der Waals surface area contributed by atoms with Crippen LogP contribution in [-0.4, -0.2) is 32.2 Å². The average molecular weight is 385 g/mol. The number of benzene rings is 2.